The normalized spacial score (nSPS) is 24.9. The first-order chi connectivity index (χ1) is 7.75. The van der Waals surface area contributed by atoms with Crippen LogP contribution in [0.4, 0.5) is 0 Å². The Morgan fingerprint density at radius 2 is 2.06 bits per heavy atom. The van der Waals surface area contributed by atoms with Crippen LogP contribution in [-0.4, -0.2) is 19.3 Å². The maximum atomic E-state index is 5.54. The second-order valence-electron chi connectivity index (χ2n) is 4.74. The quantitative estimate of drug-likeness (QED) is 0.840. The molecule has 88 valence electrons. The molecule has 0 aromatic heterocycles. The molecule has 0 radical (unpaired) electrons. The largest absolute Gasteiger partial charge is 0.378 e. The molecule has 0 saturated carbocycles. The predicted octanol–water partition coefficient (Wildman–Crippen LogP) is 2.51. The van der Waals surface area contributed by atoms with Crippen LogP contribution >= 0.6 is 0 Å². The minimum atomic E-state index is 0.422. The van der Waals surface area contributed by atoms with Gasteiger partial charge in [0.25, 0.3) is 0 Å². The second kappa shape index (κ2) is 5.46. The molecule has 0 spiro atoms. The van der Waals surface area contributed by atoms with Crippen molar-refractivity contribution in [3.63, 3.8) is 0 Å². The summed E-state index contributed by atoms with van der Waals surface area (Å²) in [7, 11) is 0. The summed E-state index contributed by atoms with van der Waals surface area (Å²) in [5, 5.41) is 3.51. The van der Waals surface area contributed by atoms with Gasteiger partial charge in [0, 0.05) is 19.7 Å². The van der Waals surface area contributed by atoms with Crippen molar-refractivity contribution in [1.82, 2.24) is 5.32 Å². The maximum Gasteiger partial charge on any atom is 0.0588 e. The molecule has 2 unspecified atom stereocenters. The van der Waals surface area contributed by atoms with Crippen LogP contribution < -0.4 is 5.32 Å². The number of nitrogens with one attached hydrogen (secondary N) is 1. The average Bonchev–Trinajstić information content (AvgIpc) is 2.68. The maximum absolute atomic E-state index is 5.54. The van der Waals surface area contributed by atoms with Crippen LogP contribution in [-0.2, 0) is 11.3 Å². The predicted molar refractivity (Wildman–Crippen MR) is 66.4 cm³/mol. The number of rotatable bonds is 4. The summed E-state index contributed by atoms with van der Waals surface area (Å²) in [6.07, 6.45) is 1.62. The van der Waals surface area contributed by atoms with E-state index in [-0.39, 0.29) is 0 Å². The molecule has 1 aliphatic heterocycles. The zero-order chi connectivity index (χ0) is 11.4. The van der Waals surface area contributed by atoms with Crippen molar-refractivity contribution in [2.45, 2.75) is 32.9 Å². The lowest BCUT2D eigenvalue weighted by Crippen LogP contribution is -2.26. The fourth-order valence-corrected chi connectivity index (χ4v) is 2.15. The molecule has 2 nitrogen and oxygen atoms in total. The number of aryl methyl sites for hydroxylation is 1. The Balaban J connectivity index is 1.73. The molecule has 0 amide bonds. The van der Waals surface area contributed by atoms with E-state index < -0.39 is 0 Å². The summed E-state index contributed by atoms with van der Waals surface area (Å²) in [4.78, 5) is 0. The number of hydrogen-bond acceptors (Lipinski definition) is 2. The fraction of sp³-hybridized carbons (Fsp3) is 0.571. The molecule has 2 atom stereocenters. The zero-order valence-electron chi connectivity index (χ0n) is 10.2. The molecule has 1 aromatic carbocycles. The van der Waals surface area contributed by atoms with Gasteiger partial charge in [-0.05, 0) is 31.7 Å². The summed E-state index contributed by atoms with van der Waals surface area (Å²) in [6.45, 7) is 7.25. The Bertz CT molecular complexity index is 320. The van der Waals surface area contributed by atoms with Crippen molar-refractivity contribution in [3.8, 4) is 0 Å². The van der Waals surface area contributed by atoms with Gasteiger partial charge in [0.05, 0.1) is 6.10 Å². The molecular formula is C14H21NO. The van der Waals surface area contributed by atoms with Crippen LogP contribution in [0.5, 0.6) is 0 Å². The summed E-state index contributed by atoms with van der Waals surface area (Å²) in [5.74, 6) is 0.686. The van der Waals surface area contributed by atoms with Gasteiger partial charge in [-0.15, -0.1) is 0 Å². The molecule has 1 fully saturated rings. The van der Waals surface area contributed by atoms with E-state index in [0.717, 1.165) is 19.7 Å². The van der Waals surface area contributed by atoms with Gasteiger partial charge >= 0.3 is 0 Å². The van der Waals surface area contributed by atoms with Gasteiger partial charge in [-0.25, -0.2) is 0 Å². The third kappa shape index (κ3) is 3.06. The first-order valence-electron chi connectivity index (χ1n) is 6.13. The lowest BCUT2D eigenvalue weighted by Gasteiger charge is -2.14. The molecule has 1 saturated heterocycles. The molecule has 0 aliphatic carbocycles. The van der Waals surface area contributed by atoms with E-state index in [9.17, 15) is 0 Å². The van der Waals surface area contributed by atoms with Crippen molar-refractivity contribution in [2.24, 2.45) is 5.92 Å². The molecule has 1 aromatic rings. The van der Waals surface area contributed by atoms with Crippen LogP contribution in [0.3, 0.4) is 0 Å². The fourth-order valence-electron chi connectivity index (χ4n) is 2.15. The van der Waals surface area contributed by atoms with Crippen LogP contribution in [0, 0.1) is 12.8 Å². The average molecular weight is 219 g/mol. The van der Waals surface area contributed by atoms with Gasteiger partial charge in [0.15, 0.2) is 0 Å². The monoisotopic (exact) mass is 219 g/mol. The van der Waals surface area contributed by atoms with E-state index in [1.807, 2.05) is 0 Å². The van der Waals surface area contributed by atoms with Gasteiger partial charge in [-0.3, -0.25) is 0 Å². The van der Waals surface area contributed by atoms with Crippen LogP contribution in [0.1, 0.15) is 24.5 Å². The van der Waals surface area contributed by atoms with Gasteiger partial charge in [0.2, 0.25) is 0 Å². The van der Waals surface area contributed by atoms with E-state index in [1.165, 1.54) is 17.5 Å². The number of benzene rings is 1. The summed E-state index contributed by atoms with van der Waals surface area (Å²) >= 11 is 0. The van der Waals surface area contributed by atoms with E-state index in [2.05, 4.69) is 43.4 Å². The molecule has 1 N–H and O–H groups in total. The molecular weight excluding hydrogens is 198 g/mol. The van der Waals surface area contributed by atoms with E-state index in [1.54, 1.807) is 0 Å². The SMILES string of the molecule is Cc1ccc(CNCC2CCOC2C)cc1. The zero-order valence-corrected chi connectivity index (χ0v) is 10.2. The van der Waals surface area contributed by atoms with E-state index in [4.69, 9.17) is 4.74 Å². The van der Waals surface area contributed by atoms with E-state index in [0.29, 0.717) is 12.0 Å². The first-order valence-corrected chi connectivity index (χ1v) is 6.13. The minimum Gasteiger partial charge on any atom is -0.378 e. The Morgan fingerprint density at radius 3 is 2.69 bits per heavy atom. The van der Waals surface area contributed by atoms with Crippen LogP contribution in [0.2, 0.25) is 0 Å². The van der Waals surface area contributed by atoms with Crippen molar-refractivity contribution >= 4 is 0 Å². The molecule has 1 aliphatic rings. The second-order valence-corrected chi connectivity index (χ2v) is 4.74. The lowest BCUT2D eigenvalue weighted by molar-refractivity contribution is 0.105. The summed E-state index contributed by atoms with van der Waals surface area (Å²) in [6, 6.07) is 8.71. The topological polar surface area (TPSA) is 21.3 Å². The molecule has 2 heteroatoms. The number of ether oxygens (including phenoxy) is 1. The lowest BCUT2D eigenvalue weighted by atomic mass is 10.0. The smallest absolute Gasteiger partial charge is 0.0588 e. The van der Waals surface area contributed by atoms with Gasteiger partial charge < -0.3 is 10.1 Å². The Kier molecular flexibility index (Phi) is 3.97. The van der Waals surface area contributed by atoms with Gasteiger partial charge in [0.1, 0.15) is 0 Å². The Labute approximate surface area is 98.0 Å². The van der Waals surface area contributed by atoms with Crippen molar-refractivity contribution in [1.29, 1.82) is 0 Å². The highest BCUT2D eigenvalue weighted by Gasteiger charge is 2.23. The number of hydrogen-bond donors (Lipinski definition) is 1. The van der Waals surface area contributed by atoms with Crippen molar-refractivity contribution in [3.05, 3.63) is 35.4 Å². The van der Waals surface area contributed by atoms with Gasteiger partial charge in [-0.1, -0.05) is 29.8 Å². The standard InChI is InChI=1S/C14H21NO/c1-11-3-5-13(6-4-11)9-15-10-14-7-8-16-12(14)2/h3-6,12,14-15H,7-10H2,1-2H3. The molecule has 0 bridgehead atoms. The molecule has 1 heterocycles. The summed E-state index contributed by atoms with van der Waals surface area (Å²) in [5.41, 5.74) is 2.68. The van der Waals surface area contributed by atoms with Crippen molar-refractivity contribution < 1.29 is 4.74 Å². The Hall–Kier alpha value is -0.860. The minimum absolute atomic E-state index is 0.422. The van der Waals surface area contributed by atoms with Crippen LogP contribution in [0.25, 0.3) is 0 Å². The highest BCUT2D eigenvalue weighted by Crippen LogP contribution is 2.19. The van der Waals surface area contributed by atoms with E-state index >= 15 is 0 Å². The summed E-state index contributed by atoms with van der Waals surface area (Å²) < 4.78 is 5.54. The first kappa shape index (κ1) is 11.6. The Morgan fingerprint density at radius 1 is 1.31 bits per heavy atom. The molecule has 16 heavy (non-hydrogen) atoms. The highest BCUT2D eigenvalue weighted by atomic mass is 16.5. The van der Waals surface area contributed by atoms with Gasteiger partial charge in [-0.2, -0.15) is 0 Å². The third-order valence-corrected chi connectivity index (χ3v) is 3.39. The highest BCUT2D eigenvalue weighted by molar-refractivity contribution is 5.21. The molecule has 2 rings (SSSR count). The third-order valence-electron chi connectivity index (χ3n) is 3.39. The van der Waals surface area contributed by atoms with Crippen LogP contribution in [0.15, 0.2) is 24.3 Å². The van der Waals surface area contributed by atoms with Crippen molar-refractivity contribution in [2.75, 3.05) is 13.2 Å².